The largest absolute Gasteiger partial charge is 0.475 e. The Morgan fingerprint density at radius 2 is 1.97 bits per heavy atom. The summed E-state index contributed by atoms with van der Waals surface area (Å²) in [5.41, 5.74) is 2.38. The van der Waals surface area contributed by atoms with E-state index in [1.54, 1.807) is 50.4 Å². The maximum absolute atomic E-state index is 13.3. The van der Waals surface area contributed by atoms with Gasteiger partial charge in [0.1, 0.15) is 5.92 Å². The molecule has 2 atom stereocenters. The number of hydrogen-bond acceptors (Lipinski definition) is 6. The van der Waals surface area contributed by atoms with E-state index in [1.165, 1.54) is 0 Å². The fourth-order valence-corrected chi connectivity index (χ4v) is 4.31. The molecule has 1 aromatic heterocycles. The number of pyridine rings is 1. The van der Waals surface area contributed by atoms with Gasteiger partial charge in [0.15, 0.2) is 0 Å². The van der Waals surface area contributed by atoms with Gasteiger partial charge < -0.3 is 9.47 Å². The number of esters is 1. The van der Waals surface area contributed by atoms with Crippen LogP contribution in [0.1, 0.15) is 44.7 Å². The molecule has 1 aromatic carbocycles. The average Bonchev–Trinajstić information content (AvgIpc) is 2.67. The lowest BCUT2D eigenvalue weighted by Gasteiger charge is -2.33. The fraction of sp³-hybridized carbons (Fsp3) is 0.409. The van der Waals surface area contributed by atoms with Crippen molar-refractivity contribution >= 4 is 29.1 Å². The Morgan fingerprint density at radius 1 is 1.23 bits per heavy atom. The van der Waals surface area contributed by atoms with Crippen molar-refractivity contribution in [3.63, 3.8) is 0 Å². The molecule has 1 aliphatic heterocycles. The van der Waals surface area contributed by atoms with Crippen LogP contribution in [-0.2, 0) is 9.53 Å². The second-order valence-electron chi connectivity index (χ2n) is 7.09. The van der Waals surface area contributed by atoms with E-state index in [0.29, 0.717) is 45.1 Å². The van der Waals surface area contributed by atoms with Gasteiger partial charge >= 0.3 is 5.97 Å². The van der Waals surface area contributed by atoms with Gasteiger partial charge in [-0.2, -0.15) is 8.78 Å². The second-order valence-corrected chi connectivity index (χ2v) is 8.12. The minimum atomic E-state index is -2.59. The van der Waals surface area contributed by atoms with E-state index < -0.39 is 23.6 Å². The number of hydrogen-bond donors (Lipinski definition) is 0. The molecule has 3 rings (SSSR count). The maximum Gasteiger partial charge on any atom is 0.315 e. The molecule has 0 fully saturated rings. The first-order valence-electron chi connectivity index (χ1n) is 9.74. The van der Waals surface area contributed by atoms with E-state index in [9.17, 15) is 13.6 Å². The summed E-state index contributed by atoms with van der Waals surface area (Å²) in [6.07, 6.45) is 1.43. The van der Waals surface area contributed by atoms with Crippen molar-refractivity contribution in [2.75, 3.05) is 6.61 Å². The van der Waals surface area contributed by atoms with Gasteiger partial charge in [0.2, 0.25) is 5.88 Å². The van der Waals surface area contributed by atoms with Gasteiger partial charge in [0.05, 0.1) is 18.4 Å². The van der Waals surface area contributed by atoms with Crippen molar-refractivity contribution in [3.05, 3.63) is 47.7 Å². The highest BCUT2D eigenvalue weighted by atomic mass is 32.2. The number of nitrogens with zero attached hydrogens (tertiary/aromatic N) is 2. The SMILES string of the molecule is CCOC(=O)C1C(C)=Nc2ccnc(OC(C)C)c2C1c1ccccc1SC(F)F. The molecule has 0 spiro atoms. The predicted molar refractivity (Wildman–Crippen MR) is 113 cm³/mol. The number of halogens is 2. The number of carbonyl (C=O) groups excluding carboxylic acids is 1. The molecule has 0 bridgehead atoms. The number of ether oxygens (including phenoxy) is 2. The molecule has 2 heterocycles. The molecule has 2 unspecified atom stereocenters. The van der Waals surface area contributed by atoms with Crippen LogP contribution in [-0.4, -0.2) is 35.1 Å². The number of benzene rings is 1. The smallest absolute Gasteiger partial charge is 0.315 e. The lowest BCUT2D eigenvalue weighted by molar-refractivity contribution is -0.146. The molecular weight excluding hydrogens is 410 g/mol. The van der Waals surface area contributed by atoms with E-state index >= 15 is 0 Å². The average molecular weight is 435 g/mol. The third-order valence-corrected chi connectivity index (χ3v) is 5.48. The van der Waals surface area contributed by atoms with Crippen molar-refractivity contribution in [3.8, 4) is 5.88 Å². The zero-order chi connectivity index (χ0) is 21.8. The first-order valence-corrected chi connectivity index (χ1v) is 10.6. The Balaban J connectivity index is 2.26. The number of carbonyl (C=O) groups is 1. The highest BCUT2D eigenvalue weighted by molar-refractivity contribution is 7.99. The van der Waals surface area contributed by atoms with E-state index in [0.717, 1.165) is 0 Å². The summed E-state index contributed by atoms with van der Waals surface area (Å²) >= 11 is 0.455. The molecule has 0 N–H and O–H groups in total. The zero-order valence-corrected chi connectivity index (χ0v) is 18.1. The van der Waals surface area contributed by atoms with Crippen molar-refractivity contribution in [2.45, 2.75) is 50.4 Å². The van der Waals surface area contributed by atoms with Crippen LogP contribution in [0.25, 0.3) is 0 Å². The highest BCUT2D eigenvalue weighted by Gasteiger charge is 2.42. The number of aromatic nitrogens is 1. The minimum Gasteiger partial charge on any atom is -0.475 e. The van der Waals surface area contributed by atoms with Crippen LogP contribution in [0, 0.1) is 5.92 Å². The number of fused-ring (bicyclic) bond motifs is 1. The molecule has 30 heavy (non-hydrogen) atoms. The molecule has 0 saturated heterocycles. The monoisotopic (exact) mass is 434 g/mol. The number of rotatable bonds is 7. The second kappa shape index (κ2) is 9.55. The summed E-state index contributed by atoms with van der Waals surface area (Å²) < 4.78 is 37.8. The molecule has 160 valence electrons. The Bertz CT molecular complexity index is 950. The lowest BCUT2D eigenvalue weighted by atomic mass is 9.76. The third kappa shape index (κ3) is 4.64. The lowest BCUT2D eigenvalue weighted by Crippen LogP contribution is -2.34. The van der Waals surface area contributed by atoms with Crippen LogP contribution < -0.4 is 4.74 Å². The molecule has 0 amide bonds. The molecule has 1 aliphatic rings. The number of alkyl halides is 2. The summed E-state index contributed by atoms with van der Waals surface area (Å²) in [4.78, 5) is 22.3. The Hall–Kier alpha value is -2.48. The summed E-state index contributed by atoms with van der Waals surface area (Å²) in [5.74, 6) is -4.08. The normalized spacial score (nSPS) is 18.2. The summed E-state index contributed by atoms with van der Waals surface area (Å²) in [7, 11) is 0. The predicted octanol–water partition coefficient (Wildman–Crippen LogP) is 5.60. The Morgan fingerprint density at radius 3 is 2.63 bits per heavy atom. The molecule has 8 heteroatoms. The molecule has 0 aliphatic carbocycles. The van der Waals surface area contributed by atoms with Gasteiger partial charge in [-0.15, -0.1) is 0 Å². The topological polar surface area (TPSA) is 60.8 Å². The van der Waals surface area contributed by atoms with Gasteiger partial charge in [-0.25, -0.2) is 4.98 Å². The van der Waals surface area contributed by atoms with E-state index in [-0.39, 0.29) is 12.7 Å². The van der Waals surface area contributed by atoms with E-state index in [4.69, 9.17) is 9.47 Å². The molecule has 0 saturated carbocycles. The van der Waals surface area contributed by atoms with E-state index in [1.807, 2.05) is 13.8 Å². The van der Waals surface area contributed by atoms with Crippen LogP contribution in [0.5, 0.6) is 5.88 Å². The highest BCUT2D eigenvalue weighted by Crippen LogP contribution is 2.49. The zero-order valence-electron chi connectivity index (χ0n) is 17.3. The van der Waals surface area contributed by atoms with Gasteiger partial charge in [-0.1, -0.05) is 30.0 Å². The molecular formula is C22H24F2N2O3S. The Kier molecular flexibility index (Phi) is 7.07. The molecule has 0 radical (unpaired) electrons. The van der Waals surface area contributed by atoms with Gasteiger partial charge in [0, 0.05) is 28.3 Å². The van der Waals surface area contributed by atoms with Crippen molar-refractivity contribution in [2.24, 2.45) is 10.9 Å². The van der Waals surface area contributed by atoms with Crippen LogP contribution in [0.3, 0.4) is 0 Å². The summed E-state index contributed by atoms with van der Waals surface area (Å²) in [6.45, 7) is 7.43. The van der Waals surface area contributed by atoms with Crippen molar-refractivity contribution in [1.82, 2.24) is 4.98 Å². The third-order valence-electron chi connectivity index (χ3n) is 4.68. The van der Waals surface area contributed by atoms with Crippen molar-refractivity contribution < 1.29 is 23.0 Å². The van der Waals surface area contributed by atoms with Gasteiger partial charge in [-0.05, 0) is 45.4 Å². The first kappa shape index (κ1) is 22.2. The van der Waals surface area contributed by atoms with Crippen LogP contribution in [0.15, 0.2) is 46.4 Å². The van der Waals surface area contributed by atoms with E-state index in [2.05, 4.69) is 9.98 Å². The molecule has 5 nitrogen and oxygen atoms in total. The minimum absolute atomic E-state index is 0.164. The quantitative estimate of drug-likeness (QED) is 0.419. The van der Waals surface area contributed by atoms with Crippen LogP contribution in [0.2, 0.25) is 0 Å². The maximum atomic E-state index is 13.3. The Labute approximate surface area is 178 Å². The van der Waals surface area contributed by atoms with Gasteiger partial charge in [0.25, 0.3) is 5.76 Å². The number of thioether (sulfide) groups is 1. The first-order chi connectivity index (χ1) is 14.3. The fourth-order valence-electron chi connectivity index (χ4n) is 3.63. The summed E-state index contributed by atoms with van der Waals surface area (Å²) in [6, 6.07) is 8.61. The van der Waals surface area contributed by atoms with Gasteiger partial charge in [-0.3, -0.25) is 9.79 Å². The standard InChI is InChI=1S/C22H24F2N2O3S/c1-5-28-21(27)17-13(4)26-15-10-11-25-20(29-12(2)3)19(15)18(17)14-8-6-7-9-16(14)30-22(23)24/h6-12,17-18,22H,5H2,1-4H3. The van der Waals surface area contributed by atoms with Crippen LogP contribution in [0.4, 0.5) is 14.5 Å². The van der Waals surface area contributed by atoms with Crippen molar-refractivity contribution in [1.29, 1.82) is 0 Å². The van der Waals surface area contributed by atoms with Crippen LogP contribution >= 0.6 is 11.8 Å². The molecule has 2 aromatic rings. The summed E-state index contributed by atoms with van der Waals surface area (Å²) in [5, 5.41) is 0. The number of aliphatic imine (C=N–C) groups is 1.